The van der Waals surface area contributed by atoms with Gasteiger partial charge >= 0.3 is 0 Å². The number of hydrogen-bond donors (Lipinski definition) is 2. The van der Waals surface area contributed by atoms with E-state index in [1.165, 1.54) is 34.9 Å². The molecule has 5 aromatic rings. The number of thiazole rings is 2. The zero-order chi connectivity index (χ0) is 26.3. The molecule has 5 rings (SSSR count). The van der Waals surface area contributed by atoms with E-state index in [1.54, 1.807) is 35.6 Å². The summed E-state index contributed by atoms with van der Waals surface area (Å²) in [6, 6.07) is 20.6. The van der Waals surface area contributed by atoms with Crippen molar-refractivity contribution in [2.45, 2.75) is 8.68 Å². The number of nitrogens with one attached hydrogen (secondary N) is 2. The molecule has 3 aromatic carbocycles. The molecule has 7 nitrogen and oxygen atoms in total. The van der Waals surface area contributed by atoms with E-state index in [2.05, 4.69) is 20.6 Å². The highest BCUT2D eigenvalue weighted by Crippen LogP contribution is 2.32. The Hall–Kier alpha value is -2.83. The fourth-order valence-corrected chi connectivity index (χ4v) is 7.28. The third-order valence-electron chi connectivity index (χ3n) is 5.09. The second-order valence-corrected chi connectivity index (χ2v) is 12.8. The molecule has 0 fully saturated rings. The molecule has 0 unspecified atom stereocenters. The highest BCUT2D eigenvalue weighted by Gasteiger charge is 2.11. The largest absolute Gasteiger partial charge is 0.492 e. The number of benzene rings is 3. The minimum atomic E-state index is -0.0931. The van der Waals surface area contributed by atoms with Gasteiger partial charge in [-0.05, 0) is 54.6 Å². The van der Waals surface area contributed by atoms with E-state index in [1.807, 2.05) is 42.5 Å². The van der Waals surface area contributed by atoms with Gasteiger partial charge in [0.25, 0.3) is 0 Å². The first-order chi connectivity index (χ1) is 18.5. The van der Waals surface area contributed by atoms with Crippen LogP contribution in [-0.2, 0) is 9.59 Å². The molecule has 0 aliphatic carbocycles. The summed E-state index contributed by atoms with van der Waals surface area (Å²) < 4.78 is 9.30. The zero-order valence-corrected chi connectivity index (χ0v) is 23.8. The van der Waals surface area contributed by atoms with Crippen molar-refractivity contribution in [3.63, 3.8) is 0 Å². The quantitative estimate of drug-likeness (QED) is 0.131. The lowest BCUT2D eigenvalue weighted by molar-refractivity contribution is -0.118. The topological polar surface area (TPSA) is 93.2 Å². The van der Waals surface area contributed by atoms with E-state index in [0.717, 1.165) is 29.1 Å². The van der Waals surface area contributed by atoms with Gasteiger partial charge in [0.2, 0.25) is 11.8 Å². The van der Waals surface area contributed by atoms with Crippen LogP contribution < -0.4 is 15.4 Å². The smallest absolute Gasteiger partial charge is 0.234 e. The summed E-state index contributed by atoms with van der Waals surface area (Å²) in [5.74, 6) is 1.06. The standard InChI is InChI=1S/C26H21ClN4O3S4/c27-16-5-8-18(9-6-16)34-12-11-28-23(32)14-35-26-31-20-10-7-17(13-22(20)38-26)29-24(33)15-36-25-30-19-3-1-2-4-21(19)37-25/h1-10,13H,11-12,14-15H2,(H,28,32)(H,29,33). The van der Waals surface area contributed by atoms with Crippen LogP contribution in [0.5, 0.6) is 5.75 Å². The number of para-hydroxylation sites is 1. The van der Waals surface area contributed by atoms with Gasteiger partial charge in [0.1, 0.15) is 12.4 Å². The van der Waals surface area contributed by atoms with Crippen LogP contribution in [-0.4, -0.2) is 46.4 Å². The van der Waals surface area contributed by atoms with E-state index in [0.29, 0.717) is 29.6 Å². The summed E-state index contributed by atoms with van der Waals surface area (Å²) in [6.45, 7) is 0.773. The number of ether oxygens (including phenoxy) is 1. The van der Waals surface area contributed by atoms with Gasteiger partial charge in [-0.25, -0.2) is 9.97 Å². The van der Waals surface area contributed by atoms with Gasteiger partial charge in [-0.2, -0.15) is 0 Å². The van der Waals surface area contributed by atoms with Crippen molar-refractivity contribution in [1.82, 2.24) is 15.3 Å². The maximum atomic E-state index is 12.5. The molecule has 0 radical (unpaired) electrons. The average molecular weight is 601 g/mol. The number of carbonyl (C=O) groups is 2. The van der Waals surface area contributed by atoms with Gasteiger partial charge in [0.05, 0.1) is 38.5 Å². The Morgan fingerprint density at radius 1 is 0.842 bits per heavy atom. The van der Waals surface area contributed by atoms with Gasteiger partial charge in [-0.1, -0.05) is 47.3 Å². The maximum absolute atomic E-state index is 12.5. The molecule has 0 atom stereocenters. The lowest BCUT2D eigenvalue weighted by Gasteiger charge is -2.07. The summed E-state index contributed by atoms with van der Waals surface area (Å²) in [6.07, 6.45) is 0. The number of thioether (sulfide) groups is 2. The Kier molecular flexibility index (Phi) is 9.02. The molecule has 0 bridgehead atoms. The van der Waals surface area contributed by atoms with E-state index >= 15 is 0 Å². The number of nitrogens with zero attached hydrogens (tertiary/aromatic N) is 2. The van der Waals surface area contributed by atoms with Crippen molar-refractivity contribution in [3.05, 3.63) is 71.8 Å². The predicted octanol–water partition coefficient (Wildman–Crippen LogP) is 6.58. The van der Waals surface area contributed by atoms with Gasteiger partial charge < -0.3 is 15.4 Å². The molecule has 0 aliphatic heterocycles. The van der Waals surface area contributed by atoms with E-state index < -0.39 is 0 Å². The molecule has 2 N–H and O–H groups in total. The SMILES string of the molecule is O=C(CSc1nc2ccc(NC(=O)CSc3nc4ccccc4s3)cc2s1)NCCOc1ccc(Cl)cc1. The monoisotopic (exact) mass is 600 g/mol. The van der Waals surface area contributed by atoms with Crippen LogP contribution in [0.15, 0.2) is 75.4 Å². The van der Waals surface area contributed by atoms with Gasteiger partial charge in [0.15, 0.2) is 8.68 Å². The van der Waals surface area contributed by atoms with Crippen LogP contribution in [0, 0.1) is 0 Å². The van der Waals surface area contributed by atoms with Gasteiger partial charge in [0, 0.05) is 10.7 Å². The molecule has 0 saturated heterocycles. The Labute approximate surface area is 240 Å². The van der Waals surface area contributed by atoms with E-state index in [9.17, 15) is 9.59 Å². The normalized spacial score (nSPS) is 11.1. The number of anilines is 1. The Bertz CT molecular complexity index is 1540. The summed E-state index contributed by atoms with van der Waals surface area (Å²) in [4.78, 5) is 33.8. The second-order valence-electron chi connectivity index (χ2n) is 7.89. The third kappa shape index (κ3) is 7.39. The van der Waals surface area contributed by atoms with E-state index in [4.69, 9.17) is 16.3 Å². The van der Waals surface area contributed by atoms with Crippen LogP contribution in [0.4, 0.5) is 5.69 Å². The number of fused-ring (bicyclic) bond motifs is 2. The number of rotatable bonds is 11. The molecule has 0 aliphatic rings. The van der Waals surface area contributed by atoms with Crippen molar-refractivity contribution in [1.29, 1.82) is 0 Å². The lowest BCUT2D eigenvalue weighted by atomic mass is 10.3. The zero-order valence-electron chi connectivity index (χ0n) is 19.8. The summed E-state index contributed by atoms with van der Waals surface area (Å²) >= 11 is 11.7. The Morgan fingerprint density at radius 2 is 1.53 bits per heavy atom. The van der Waals surface area contributed by atoms with Crippen molar-refractivity contribution in [3.8, 4) is 5.75 Å². The van der Waals surface area contributed by atoms with Crippen molar-refractivity contribution in [2.24, 2.45) is 0 Å². The molecule has 0 saturated carbocycles. The average Bonchev–Trinajstić information content (AvgIpc) is 3.53. The first kappa shape index (κ1) is 26.8. The number of amides is 2. The van der Waals surface area contributed by atoms with Crippen molar-refractivity contribution in [2.75, 3.05) is 30.0 Å². The van der Waals surface area contributed by atoms with Crippen LogP contribution in [0.2, 0.25) is 5.02 Å². The number of aromatic nitrogens is 2. The van der Waals surface area contributed by atoms with Gasteiger partial charge in [-0.15, -0.1) is 22.7 Å². The summed E-state index contributed by atoms with van der Waals surface area (Å²) in [5.41, 5.74) is 2.49. The molecule has 2 aromatic heterocycles. The molecule has 2 amide bonds. The summed E-state index contributed by atoms with van der Waals surface area (Å²) in [5, 5.41) is 6.44. The number of hydrogen-bond acceptors (Lipinski definition) is 9. The predicted molar refractivity (Wildman–Crippen MR) is 159 cm³/mol. The molecule has 12 heteroatoms. The van der Waals surface area contributed by atoms with Crippen LogP contribution in [0.1, 0.15) is 0 Å². The fourth-order valence-electron chi connectivity index (χ4n) is 3.35. The molecule has 2 heterocycles. The van der Waals surface area contributed by atoms with E-state index in [-0.39, 0.29) is 23.3 Å². The molecular formula is C26H21ClN4O3S4. The third-order valence-corrected chi connectivity index (χ3v) is 9.68. The lowest BCUT2D eigenvalue weighted by Crippen LogP contribution is -2.29. The second kappa shape index (κ2) is 12.8. The van der Waals surface area contributed by atoms with Crippen molar-refractivity contribution < 1.29 is 14.3 Å². The maximum Gasteiger partial charge on any atom is 0.234 e. The highest BCUT2D eigenvalue weighted by molar-refractivity contribution is 8.02. The first-order valence-electron chi connectivity index (χ1n) is 11.5. The minimum Gasteiger partial charge on any atom is -0.492 e. The fraction of sp³-hybridized carbons (Fsp3) is 0.154. The Morgan fingerprint density at radius 3 is 2.29 bits per heavy atom. The van der Waals surface area contributed by atoms with Crippen molar-refractivity contribution >= 4 is 95.7 Å². The number of halogens is 1. The summed E-state index contributed by atoms with van der Waals surface area (Å²) in [7, 11) is 0. The van der Waals surface area contributed by atoms with Crippen LogP contribution >= 0.6 is 57.8 Å². The minimum absolute atomic E-state index is 0.0902. The van der Waals surface area contributed by atoms with Gasteiger partial charge in [-0.3, -0.25) is 9.59 Å². The number of carbonyl (C=O) groups excluding carboxylic acids is 2. The van der Waals surface area contributed by atoms with Crippen LogP contribution in [0.25, 0.3) is 20.4 Å². The molecule has 38 heavy (non-hydrogen) atoms. The van der Waals surface area contributed by atoms with Crippen LogP contribution in [0.3, 0.4) is 0 Å². The highest BCUT2D eigenvalue weighted by atomic mass is 35.5. The molecular weight excluding hydrogens is 580 g/mol. The first-order valence-corrected chi connectivity index (χ1v) is 15.5. The molecule has 194 valence electrons. The molecule has 0 spiro atoms. The Balaban J connectivity index is 1.06.